The molecule has 10 heteroatoms. The van der Waals surface area contributed by atoms with E-state index in [0.717, 1.165) is 19.3 Å². The molecule has 4 aliphatic rings. The topological polar surface area (TPSA) is 142 Å². The largest absolute Gasteiger partial charge is 0.369 e. The van der Waals surface area contributed by atoms with Gasteiger partial charge in [-0.05, 0) is 37.7 Å². The Labute approximate surface area is 229 Å². The number of hydrogen-bond acceptors (Lipinski definition) is 5. The number of hydrogen-bond donors (Lipinski definition) is 3. The Balaban J connectivity index is 1.17. The monoisotopic (exact) mass is 537 g/mol. The summed E-state index contributed by atoms with van der Waals surface area (Å²) in [7, 11) is 1.60. The molecule has 2 saturated carbocycles. The predicted molar refractivity (Wildman–Crippen MR) is 143 cm³/mol. The van der Waals surface area contributed by atoms with E-state index >= 15 is 0 Å². The van der Waals surface area contributed by atoms with E-state index in [-0.39, 0.29) is 66.4 Å². The second-order valence-electron chi connectivity index (χ2n) is 11.7. The molecule has 10 nitrogen and oxygen atoms in total. The van der Waals surface area contributed by atoms with Crippen LogP contribution in [0.2, 0.25) is 0 Å². The van der Waals surface area contributed by atoms with Gasteiger partial charge < -0.3 is 26.2 Å². The first-order chi connectivity index (χ1) is 18.8. The Morgan fingerprint density at radius 1 is 0.795 bits per heavy atom. The zero-order chi connectivity index (χ0) is 27.7. The summed E-state index contributed by atoms with van der Waals surface area (Å²) in [6.07, 6.45) is 4.12. The Hall–Kier alpha value is -3.43. The molecule has 5 rings (SSSR count). The summed E-state index contributed by atoms with van der Waals surface area (Å²) in [6, 6.07) is 10.0. The van der Waals surface area contributed by atoms with Gasteiger partial charge in [-0.3, -0.25) is 24.0 Å². The van der Waals surface area contributed by atoms with Crippen LogP contribution in [0.5, 0.6) is 0 Å². The van der Waals surface area contributed by atoms with E-state index in [2.05, 4.69) is 10.6 Å². The van der Waals surface area contributed by atoms with Gasteiger partial charge in [-0.2, -0.15) is 0 Å². The molecule has 2 aliphatic heterocycles. The number of nitrogens with one attached hydrogen (secondary N) is 2. The molecule has 0 bridgehead atoms. The second-order valence-corrected chi connectivity index (χ2v) is 11.7. The summed E-state index contributed by atoms with van der Waals surface area (Å²) < 4.78 is 0. The fourth-order valence-electron chi connectivity index (χ4n) is 6.78. The summed E-state index contributed by atoms with van der Waals surface area (Å²) in [5, 5.41) is 5.73. The van der Waals surface area contributed by atoms with Crippen molar-refractivity contribution >= 4 is 29.5 Å². The molecule has 7 atom stereocenters. The highest BCUT2D eigenvalue weighted by molar-refractivity contribution is 5.91. The number of benzene rings is 1. The molecule has 5 amide bonds. The van der Waals surface area contributed by atoms with E-state index in [1.165, 1.54) is 5.56 Å². The van der Waals surface area contributed by atoms with Crippen LogP contribution < -0.4 is 16.4 Å². The number of primary amides is 1. The molecule has 2 heterocycles. The SMILES string of the molecule is CNC(=O)[C@H]1CCN(C(=O)[C@H]2CCC[C@@H](C(=O)N3C[C@@H](C(N)=O)[C@H](C(=O)N[C@H]4C[C@@H]4c4ccccc4)C3)C2)C1. The summed E-state index contributed by atoms with van der Waals surface area (Å²) in [4.78, 5) is 67.6. The van der Waals surface area contributed by atoms with Crippen LogP contribution in [0.15, 0.2) is 30.3 Å². The van der Waals surface area contributed by atoms with Crippen LogP contribution in [0.25, 0.3) is 0 Å². The maximum absolute atomic E-state index is 13.5. The van der Waals surface area contributed by atoms with E-state index in [9.17, 15) is 24.0 Å². The predicted octanol–water partition coefficient (Wildman–Crippen LogP) is 0.620. The number of carbonyl (C=O) groups is 5. The lowest BCUT2D eigenvalue weighted by Gasteiger charge is -2.32. The van der Waals surface area contributed by atoms with Gasteiger partial charge in [0.1, 0.15) is 0 Å². The highest BCUT2D eigenvalue weighted by atomic mass is 16.2. The molecule has 2 aliphatic carbocycles. The molecule has 0 radical (unpaired) electrons. The molecule has 0 aromatic heterocycles. The number of carbonyl (C=O) groups excluding carboxylic acids is 5. The molecule has 2 saturated heterocycles. The van der Waals surface area contributed by atoms with E-state index < -0.39 is 17.7 Å². The van der Waals surface area contributed by atoms with E-state index in [1.54, 1.807) is 16.8 Å². The lowest BCUT2D eigenvalue weighted by molar-refractivity contribution is -0.140. The van der Waals surface area contributed by atoms with Crippen molar-refractivity contribution in [1.82, 2.24) is 20.4 Å². The van der Waals surface area contributed by atoms with Gasteiger partial charge in [0, 0.05) is 57.0 Å². The maximum Gasteiger partial charge on any atom is 0.226 e. The highest BCUT2D eigenvalue weighted by Gasteiger charge is 2.47. The first-order valence-electron chi connectivity index (χ1n) is 14.2. The molecular formula is C29H39N5O5. The van der Waals surface area contributed by atoms with Gasteiger partial charge in [-0.1, -0.05) is 36.8 Å². The fourth-order valence-corrected chi connectivity index (χ4v) is 6.78. The maximum atomic E-state index is 13.5. The van der Waals surface area contributed by atoms with Crippen LogP contribution in [0.4, 0.5) is 0 Å². The third-order valence-corrected chi connectivity index (χ3v) is 9.17. The van der Waals surface area contributed by atoms with Gasteiger partial charge in [-0.25, -0.2) is 0 Å². The van der Waals surface area contributed by atoms with Gasteiger partial charge in [0.05, 0.1) is 17.8 Å². The minimum Gasteiger partial charge on any atom is -0.369 e. The van der Waals surface area contributed by atoms with Crippen molar-refractivity contribution in [3.63, 3.8) is 0 Å². The molecule has 210 valence electrons. The molecule has 0 spiro atoms. The van der Waals surface area contributed by atoms with Gasteiger partial charge in [-0.15, -0.1) is 0 Å². The average Bonchev–Trinajstić information content (AvgIpc) is 3.34. The lowest BCUT2D eigenvalue weighted by Crippen LogP contribution is -2.42. The van der Waals surface area contributed by atoms with Crippen LogP contribution in [0.1, 0.15) is 50.0 Å². The molecular weight excluding hydrogens is 498 g/mol. The fraction of sp³-hybridized carbons (Fsp3) is 0.621. The standard InChI is InChI=1S/C29H39N5O5/c1-31-26(36)20-10-11-33(14-20)28(38)18-8-5-9-19(12-18)29(39)34-15-22(25(30)35)23(16-34)27(37)32-24-13-21(24)17-6-3-2-4-7-17/h2-4,6-7,18-24H,5,8-16H2,1H3,(H2,30,35)(H,31,36)(H,32,37)/t18-,19+,20-,21+,22+,23+,24-/m0/s1. The third kappa shape index (κ3) is 5.79. The first-order valence-corrected chi connectivity index (χ1v) is 14.2. The van der Waals surface area contributed by atoms with Crippen molar-refractivity contribution in [2.24, 2.45) is 35.3 Å². The minimum atomic E-state index is -0.727. The van der Waals surface area contributed by atoms with Crippen molar-refractivity contribution in [3.8, 4) is 0 Å². The van der Waals surface area contributed by atoms with E-state index in [0.29, 0.717) is 32.4 Å². The third-order valence-electron chi connectivity index (χ3n) is 9.17. The number of nitrogens with zero attached hydrogens (tertiary/aromatic N) is 2. The van der Waals surface area contributed by atoms with E-state index in [1.807, 2.05) is 30.3 Å². The van der Waals surface area contributed by atoms with Gasteiger partial charge in [0.25, 0.3) is 0 Å². The van der Waals surface area contributed by atoms with Gasteiger partial charge in [0.2, 0.25) is 29.5 Å². The van der Waals surface area contributed by atoms with Crippen molar-refractivity contribution in [3.05, 3.63) is 35.9 Å². The number of likely N-dealkylation sites (tertiary alicyclic amines) is 2. The van der Waals surface area contributed by atoms with Crippen LogP contribution in [-0.4, -0.2) is 78.6 Å². The summed E-state index contributed by atoms with van der Waals surface area (Å²) in [5.74, 6) is -2.83. The Morgan fingerprint density at radius 3 is 2.13 bits per heavy atom. The first kappa shape index (κ1) is 27.1. The van der Waals surface area contributed by atoms with E-state index in [4.69, 9.17) is 5.73 Å². The minimum absolute atomic E-state index is 0.0185. The Kier molecular flexibility index (Phi) is 7.91. The molecule has 0 unspecified atom stereocenters. The van der Waals surface area contributed by atoms with Gasteiger partial charge in [0.15, 0.2) is 0 Å². The van der Waals surface area contributed by atoms with Crippen molar-refractivity contribution in [2.75, 3.05) is 33.2 Å². The zero-order valence-electron chi connectivity index (χ0n) is 22.5. The molecule has 1 aromatic carbocycles. The summed E-state index contributed by atoms with van der Waals surface area (Å²) >= 11 is 0. The van der Waals surface area contributed by atoms with Gasteiger partial charge >= 0.3 is 0 Å². The number of rotatable bonds is 7. The number of nitrogens with two attached hydrogens (primary N) is 1. The van der Waals surface area contributed by atoms with Crippen molar-refractivity contribution in [2.45, 2.75) is 50.5 Å². The van der Waals surface area contributed by atoms with Crippen LogP contribution in [-0.2, 0) is 24.0 Å². The quantitative estimate of drug-likeness (QED) is 0.468. The smallest absolute Gasteiger partial charge is 0.226 e. The zero-order valence-corrected chi connectivity index (χ0v) is 22.5. The highest BCUT2D eigenvalue weighted by Crippen LogP contribution is 2.41. The summed E-state index contributed by atoms with van der Waals surface area (Å²) in [6.45, 7) is 1.27. The Bertz CT molecular complexity index is 1130. The average molecular weight is 538 g/mol. The lowest BCUT2D eigenvalue weighted by atomic mass is 9.80. The molecule has 39 heavy (non-hydrogen) atoms. The normalized spacial score (nSPS) is 32.0. The Morgan fingerprint density at radius 2 is 1.46 bits per heavy atom. The van der Waals surface area contributed by atoms with Crippen LogP contribution in [0, 0.1) is 29.6 Å². The van der Waals surface area contributed by atoms with Crippen LogP contribution >= 0.6 is 0 Å². The van der Waals surface area contributed by atoms with Crippen molar-refractivity contribution < 1.29 is 24.0 Å². The molecule has 1 aromatic rings. The summed E-state index contributed by atoms with van der Waals surface area (Å²) in [5.41, 5.74) is 6.85. The van der Waals surface area contributed by atoms with Crippen molar-refractivity contribution in [1.29, 1.82) is 0 Å². The number of amides is 5. The second kappa shape index (κ2) is 11.4. The molecule has 4 fully saturated rings. The van der Waals surface area contributed by atoms with Crippen LogP contribution in [0.3, 0.4) is 0 Å². The molecule has 4 N–H and O–H groups in total.